The summed E-state index contributed by atoms with van der Waals surface area (Å²) in [5.74, 6) is -0.905. The number of fused-ring (bicyclic) bond motifs is 1. The van der Waals surface area contributed by atoms with Crippen molar-refractivity contribution in [1.82, 2.24) is 4.40 Å². The van der Waals surface area contributed by atoms with Gasteiger partial charge >= 0.3 is 5.97 Å². The maximum absolute atomic E-state index is 11.0. The van der Waals surface area contributed by atoms with Crippen molar-refractivity contribution in [2.45, 2.75) is 0 Å². The van der Waals surface area contributed by atoms with Gasteiger partial charge in [-0.25, -0.2) is 4.79 Å². The van der Waals surface area contributed by atoms with E-state index in [1.54, 1.807) is 18.3 Å². The molecule has 3 nitrogen and oxygen atoms in total. The monoisotopic (exact) mass is 237 g/mol. The van der Waals surface area contributed by atoms with E-state index in [-0.39, 0.29) is 0 Å². The summed E-state index contributed by atoms with van der Waals surface area (Å²) in [6.45, 7) is 0. The predicted octanol–water partition coefficient (Wildman–Crippen LogP) is 3.30. The van der Waals surface area contributed by atoms with E-state index in [0.29, 0.717) is 5.56 Å². The van der Waals surface area contributed by atoms with Gasteiger partial charge in [0, 0.05) is 18.0 Å². The highest BCUT2D eigenvalue weighted by Crippen LogP contribution is 2.26. The molecule has 0 aliphatic carbocycles. The Hall–Kier alpha value is -2.55. The van der Waals surface area contributed by atoms with Crippen LogP contribution in [0.1, 0.15) is 10.4 Å². The van der Waals surface area contributed by atoms with Gasteiger partial charge in [-0.05, 0) is 23.8 Å². The molecular weight excluding hydrogens is 226 g/mol. The molecule has 0 aliphatic rings. The van der Waals surface area contributed by atoms with Gasteiger partial charge < -0.3 is 9.51 Å². The van der Waals surface area contributed by atoms with Crippen LogP contribution in [0, 0.1) is 0 Å². The van der Waals surface area contributed by atoms with Gasteiger partial charge in [0.05, 0.1) is 11.1 Å². The van der Waals surface area contributed by atoms with Gasteiger partial charge in [0.1, 0.15) is 0 Å². The summed E-state index contributed by atoms with van der Waals surface area (Å²) in [6.07, 6.45) is 3.70. The van der Waals surface area contributed by atoms with E-state index < -0.39 is 5.97 Å². The largest absolute Gasteiger partial charge is 0.478 e. The molecule has 2 aromatic heterocycles. The normalized spacial score (nSPS) is 10.7. The van der Waals surface area contributed by atoms with Gasteiger partial charge in [0.2, 0.25) is 0 Å². The van der Waals surface area contributed by atoms with Crippen molar-refractivity contribution >= 4 is 11.5 Å². The number of carbonyl (C=O) groups is 1. The molecule has 0 amide bonds. The van der Waals surface area contributed by atoms with Crippen molar-refractivity contribution in [3.8, 4) is 11.1 Å². The molecule has 1 N–H and O–H groups in total. The van der Waals surface area contributed by atoms with Crippen molar-refractivity contribution in [2.75, 3.05) is 0 Å². The van der Waals surface area contributed by atoms with Crippen LogP contribution in [0.5, 0.6) is 0 Å². The van der Waals surface area contributed by atoms with E-state index in [9.17, 15) is 4.79 Å². The van der Waals surface area contributed by atoms with Crippen LogP contribution < -0.4 is 0 Å². The fraction of sp³-hybridized carbons (Fsp3) is 0. The quantitative estimate of drug-likeness (QED) is 0.743. The van der Waals surface area contributed by atoms with Crippen LogP contribution in [0.3, 0.4) is 0 Å². The van der Waals surface area contributed by atoms with E-state index >= 15 is 0 Å². The molecular formula is C15H11NO2. The van der Waals surface area contributed by atoms with E-state index in [1.165, 1.54) is 0 Å². The topological polar surface area (TPSA) is 41.7 Å². The number of carboxylic acid groups (broad SMARTS) is 1. The van der Waals surface area contributed by atoms with Gasteiger partial charge in [-0.2, -0.15) is 0 Å². The maximum Gasteiger partial charge on any atom is 0.335 e. The first kappa shape index (κ1) is 10.6. The fourth-order valence-corrected chi connectivity index (χ4v) is 2.09. The van der Waals surface area contributed by atoms with Gasteiger partial charge in [0.15, 0.2) is 0 Å². The summed E-state index contributed by atoms with van der Waals surface area (Å²) >= 11 is 0. The number of aromatic nitrogens is 1. The zero-order valence-corrected chi connectivity index (χ0v) is 9.58. The third-order valence-corrected chi connectivity index (χ3v) is 2.99. The van der Waals surface area contributed by atoms with Crippen LogP contribution in [0.25, 0.3) is 16.6 Å². The molecule has 88 valence electrons. The Morgan fingerprint density at radius 3 is 2.44 bits per heavy atom. The number of nitrogens with zero attached hydrogens (tertiary/aromatic N) is 1. The zero-order valence-electron chi connectivity index (χ0n) is 9.58. The summed E-state index contributed by atoms with van der Waals surface area (Å²) < 4.78 is 1.93. The molecule has 0 saturated carbocycles. The van der Waals surface area contributed by atoms with Crippen LogP contribution in [-0.4, -0.2) is 15.5 Å². The van der Waals surface area contributed by atoms with Crippen LogP contribution >= 0.6 is 0 Å². The highest BCUT2D eigenvalue weighted by Gasteiger charge is 2.08. The highest BCUT2D eigenvalue weighted by atomic mass is 16.4. The minimum Gasteiger partial charge on any atom is -0.478 e. The molecule has 0 unspecified atom stereocenters. The smallest absolute Gasteiger partial charge is 0.335 e. The molecule has 18 heavy (non-hydrogen) atoms. The standard InChI is InChI=1S/C15H11NO2/c17-15(18)12-6-8-16-9-7-13(14(16)10-12)11-4-2-1-3-5-11/h1-10H,(H,17,18). The number of pyridine rings is 1. The predicted molar refractivity (Wildman–Crippen MR) is 69.8 cm³/mol. The molecule has 1 aromatic carbocycles. The summed E-state index contributed by atoms with van der Waals surface area (Å²) in [4.78, 5) is 11.0. The lowest BCUT2D eigenvalue weighted by Crippen LogP contribution is -1.97. The molecule has 0 fully saturated rings. The van der Waals surface area contributed by atoms with Crippen molar-refractivity contribution in [2.24, 2.45) is 0 Å². The van der Waals surface area contributed by atoms with Crippen LogP contribution in [0.15, 0.2) is 60.9 Å². The lowest BCUT2D eigenvalue weighted by atomic mass is 10.1. The van der Waals surface area contributed by atoms with Gasteiger partial charge in [-0.1, -0.05) is 30.3 Å². The van der Waals surface area contributed by atoms with E-state index in [4.69, 9.17) is 5.11 Å². The van der Waals surface area contributed by atoms with Crippen molar-refractivity contribution < 1.29 is 9.90 Å². The minimum absolute atomic E-state index is 0.304. The Labute approximate surface area is 104 Å². The van der Waals surface area contributed by atoms with E-state index in [1.807, 2.05) is 47.0 Å². The molecule has 3 heteroatoms. The van der Waals surface area contributed by atoms with Gasteiger partial charge in [0.25, 0.3) is 0 Å². The minimum atomic E-state index is -0.905. The molecule has 0 atom stereocenters. The van der Waals surface area contributed by atoms with E-state index in [2.05, 4.69) is 0 Å². The Morgan fingerprint density at radius 2 is 1.72 bits per heavy atom. The average Bonchev–Trinajstić information content (AvgIpc) is 2.82. The molecule has 0 bridgehead atoms. The number of hydrogen-bond donors (Lipinski definition) is 1. The SMILES string of the molecule is O=C(O)c1ccn2ccc(-c3ccccc3)c2c1. The second-order valence-electron chi connectivity index (χ2n) is 4.11. The maximum atomic E-state index is 11.0. The molecule has 0 aliphatic heterocycles. The molecule has 0 saturated heterocycles. The highest BCUT2D eigenvalue weighted by molar-refractivity contribution is 5.91. The molecule has 2 heterocycles. The lowest BCUT2D eigenvalue weighted by Gasteiger charge is -2.02. The number of aromatic carboxylic acids is 1. The van der Waals surface area contributed by atoms with Gasteiger partial charge in [-0.15, -0.1) is 0 Å². The van der Waals surface area contributed by atoms with Crippen molar-refractivity contribution in [1.29, 1.82) is 0 Å². The number of hydrogen-bond acceptors (Lipinski definition) is 1. The number of benzene rings is 1. The van der Waals surface area contributed by atoms with Crippen molar-refractivity contribution in [3.63, 3.8) is 0 Å². The Kier molecular flexibility index (Phi) is 2.38. The van der Waals surface area contributed by atoms with E-state index in [0.717, 1.165) is 16.6 Å². The van der Waals surface area contributed by atoms with Crippen LogP contribution in [-0.2, 0) is 0 Å². The van der Waals surface area contributed by atoms with Gasteiger partial charge in [-0.3, -0.25) is 0 Å². The second-order valence-corrected chi connectivity index (χ2v) is 4.11. The Balaban J connectivity index is 2.24. The summed E-state index contributed by atoms with van der Waals surface area (Å²) in [7, 11) is 0. The second kappa shape index (κ2) is 4.04. The first-order chi connectivity index (χ1) is 8.75. The first-order valence-corrected chi connectivity index (χ1v) is 5.65. The number of rotatable bonds is 2. The molecule has 0 radical (unpaired) electrons. The van der Waals surface area contributed by atoms with Crippen LogP contribution in [0.4, 0.5) is 0 Å². The molecule has 0 spiro atoms. The Morgan fingerprint density at radius 1 is 1.00 bits per heavy atom. The van der Waals surface area contributed by atoms with Crippen molar-refractivity contribution in [3.05, 3.63) is 66.5 Å². The molecule has 3 aromatic rings. The lowest BCUT2D eigenvalue weighted by molar-refractivity contribution is 0.0697. The zero-order chi connectivity index (χ0) is 12.5. The summed E-state index contributed by atoms with van der Waals surface area (Å²) in [5.41, 5.74) is 3.33. The average molecular weight is 237 g/mol. The third-order valence-electron chi connectivity index (χ3n) is 2.99. The first-order valence-electron chi connectivity index (χ1n) is 5.65. The third kappa shape index (κ3) is 1.66. The fourth-order valence-electron chi connectivity index (χ4n) is 2.09. The Bertz CT molecular complexity index is 714. The summed E-state index contributed by atoms with van der Waals surface area (Å²) in [5, 5.41) is 9.03. The van der Waals surface area contributed by atoms with Crippen LogP contribution in [0.2, 0.25) is 0 Å². The summed E-state index contributed by atoms with van der Waals surface area (Å²) in [6, 6.07) is 15.2. The molecule has 3 rings (SSSR count). The number of carboxylic acids is 1.